The smallest absolute Gasteiger partial charge is 0.186 e. The maximum atomic E-state index is 11.3. The summed E-state index contributed by atoms with van der Waals surface area (Å²) in [6.45, 7) is 10.1. The molecule has 0 spiro atoms. The summed E-state index contributed by atoms with van der Waals surface area (Å²) in [5, 5.41) is 0.997. The molecular weight excluding hydrogens is 208 g/mol. The van der Waals surface area contributed by atoms with Gasteiger partial charge in [-0.3, -0.25) is 4.79 Å². The van der Waals surface area contributed by atoms with Crippen molar-refractivity contribution in [3.63, 3.8) is 0 Å². The van der Waals surface area contributed by atoms with Crippen molar-refractivity contribution in [3.8, 4) is 0 Å². The molecule has 0 N–H and O–H groups in total. The molecule has 1 aromatic heterocycles. The van der Waals surface area contributed by atoms with Gasteiger partial charge in [0.15, 0.2) is 10.9 Å². The van der Waals surface area contributed by atoms with Gasteiger partial charge in [0, 0.05) is 24.9 Å². The zero-order valence-corrected chi connectivity index (χ0v) is 10.4. The van der Waals surface area contributed by atoms with Crippen LogP contribution < -0.4 is 4.90 Å². The van der Waals surface area contributed by atoms with Crippen molar-refractivity contribution < 1.29 is 4.79 Å². The summed E-state index contributed by atoms with van der Waals surface area (Å²) in [7, 11) is 0. The molecule has 1 aliphatic rings. The topological polar surface area (TPSA) is 33.2 Å². The first-order valence-corrected chi connectivity index (χ1v) is 5.94. The number of aryl methyl sites for hydroxylation is 1. The van der Waals surface area contributed by atoms with E-state index in [1.54, 1.807) is 18.3 Å². The Balaban J connectivity index is 2.18. The molecule has 2 heterocycles. The van der Waals surface area contributed by atoms with Crippen LogP contribution in [0.2, 0.25) is 0 Å². The van der Waals surface area contributed by atoms with Crippen LogP contribution in [0.15, 0.2) is 0 Å². The quantitative estimate of drug-likeness (QED) is 0.724. The lowest BCUT2D eigenvalue weighted by Crippen LogP contribution is -2.53. The van der Waals surface area contributed by atoms with Crippen LogP contribution in [0, 0.1) is 12.3 Å². The average Bonchev–Trinajstić information content (AvgIpc) is 2.42. The monoisotopic (exact) mass is 224 g/mol. The lowest BCUT2D eigenvalue weighted by molar-refractivity contribution is 0.101. The van der Waals surface area contributed by atoms with Crippen LogP contribution in [0.1, 0.15) is 36.1 Å². The highest BCUT2D eigenvalue weighted by Gasteiger charge is 2.36. The van der Waals surface area contributed by atoms with Crippen molar-refractivity contribution in [2.75, 3.05) is 18.0 Å². The molecule has 0 bridgehead atoms. The van der Waals surface area contributed by atoms with Crippen molar-refractivity contribution in [1.29, 1.82) is 0 Å². The Morgan fingerprint density at radius 1 is 1.47 bits per heavy atom. The van der Waals surface area contributed by atoms with Crippen molar-refractivity contribution in [2.24, 2.45) is 5.41 Å². The van der Waals surface area contributed by atoms with Gasteiger partial charge in [-0.2, -0.15) is 0 Å². The van der Waals surface area contributed by atoms with E-state index >= 15 is 0 Å². The van der Waals surface area contributed by atoms with Gasteiger partial charge >= 0.3 is 0 Å². The van der Waals surface area contributed by atoms with Gasteiger partial charge in [-0.25, -0.2) is 4.98 Å². The minimum absolute atomic E-state index is 0.0646. The van der Waals surface area contributed by atoms with Crippen LogP contribution in [0.25, 0.3) is 0 Å². The number of hydrogen-bond acceptors (Lipinski definition) is 4. The fourth-order valence-corrected chi connectivity index (χ4v) is 2.92. The van der Waals surface area contributed by atoms with Crippen LogP contribution >= 0.6 is 11.3 Å². The Morgan fingerprint density at radius 3 is 2.47 bits per heavy atom. The molecule has 1 aliphatic heterocycles. The first kappa shape index (κ1) is 10.6. The van der Waals surface area contributed by atoms with E-state index in [9.17, 15) is 4.79 Å². The third-order valence-electron chi connectivity index (χ3n) is 2.63. The minimum Gasteiger partial charge on any atom is -0.347 e. The summed E-state index contributed by atoms with van der Waals surface area (Å²) < 4.78 is 0. The highest BCUT2D eigenvalue weighted by atomic mass is 32.1. The van der Waals surface area contributed by atoms with Crippen molar-refractivity contribution in [3.05, 3.63) is 10.6 Å². The lowest BCUT2D eigenvalue weighted by Gasteiger charge is -2.45. The molecule has 4 heteroatoms. The van der Waals surface area contributed by atoms with Crippen LogP contribution in [-0.4, -0.2) is 23.9 Å². The molecule has 0 atom stereocenters. The third-order valence-corrected chi connectivity index (χ3v) is 3.66. The predicted molar refractivity (Wildman–Crippen MR) is 62.8 cm³/mol. The van der Waals surface area contributed by atoms with Crippen LogP contribution in [0.3, 0.4) is 0 Å². The fourth-order valence-electron chi connectivity index (χ4n) is 1.97. The molecule has 1 saturated heterocycles. The van der Waals surface area contributed by atoms with E-state index in [4.69, 9.17) is 0 Å². The second kappa shape index (κ2) is 3.30. The highest BCUT2D eigenvalue weighted by molar-refractivity contribution is 7.15. The number of nitrogens with zero attached hydrogens (tertiary/aromatic N) is 2. The first-order chi connectivity index (χ1) is 6.89. The molecule has 0 unspecified atom stereocenters. The van der Waals surface area contributed by atoms with Gasteiger partial charge in [-0.1, -0.05) is 13.8 Å². The number of carbonyl (C=O) groups is 1. The molecule has 0 saturated carbocycles. The number of thiazole rings is 1. The zero-order chi connectivity index (χ0) is 11.2. The van der Waals surface area contributed by atoms with E-state index < -0.39 is 0 Å². The fraction of sp³-hybridized carbons (Fsp3) is 0.636. The van der Waals surface area contributed by atoms with Crippen molar-refractivity contribution in [1.82, 2.24) is 4.98 Å². The molecule has 3 nitrogen and oxygen atoms in total. The second-order valence-corrected chi connectivity index (χ2v) is 6.16. The van der Waals surface area contributed by atoms with E-state index in [-0.39, 0.29) is 5.78 Å². The summed E-state index contributed by atoms with van der Waals surface area (Å²) >= 11 is 1.62. The molecule has 82 valence electrons. The molecule has 15 heavy (non-hydrogen) atoms. The molecule has 0 aliphatic carbocycles. The first-order valence-electron chi connectivity index (χ1n) is 5.12. The number of anilines is 1. The van der Waals surface area contributed by atoms with E-state index in [1.807, 2.05) is 6.92 Å². The van der Waals surface area contributed by atoms with Crippen molar-refractivity contribution in [2.45, 2.75) is 27.7 Å². The summed E-state index contributed by atoms with van der Waals surface area (Å²) in [5.41, 5.74) is 1.04. The Hall–Kier alpha value is -0.900. The maximum absolute atomic E-state index is 11.3. The van der Waals surface area contributed by atoms with E-state index in [0.29, 0.717) is 11.1 Å². The van der Waals surface area contributed by atoms with Gasteiger partial charge in [0.1, 0.15) is 5.69 Å². The number of aromatic nitrogens is 1. The number of Topliss-reactive ketones (excluding diaryl/α,β-unsaturated/α-hetero) is 1. The Labute approximate surface area is 94.1 Å². The summed E-state index contributed by atoms with van der Waals surface area (Å²) in [6.07, 6.45) is 0. The van der Waals surface area contributed by atoms with Gasteiger partial charge < -0.3 is 4.90 Å². The van der Waals surface area contributed by atoms with Gasteiger partial charge in [0.2, 0.25) is 0 Å². The summed E-state index contributed by atoms with van der Waals surface area (Å²) in [5.74, 6) is 0.0646. The largest absolute Gasteiger partial charge is 0.347 e. The third kappa shape index (κ3) is 1.91. The molecule has 1 fully saturated rings. The molecular formula is C11H16N2OS. The summed E-state index contributed by atoms with van der Waals surface area (Å²) in [6, 6.07) is 0. The average molecular weight is 224 g/mol. The van der Waals surface area contributed by atoms with E-state index in [0.717, 1.165) is 23.1 Å². The number of ketones is 1. The Morgan fingerprint density at radius 2 is 2.07 bits per heavy atom. The van der Waals surface area contributed by atoms with Crippen molar-refractivity contribution >= 4 is 22.3 Å². The Kier molecular flexibility index (Phi) is 2.34. The second-order valence-electron chi connectivity index (χ2n) is 4.98. The van der Waals surface area contributed by atoms with Crippen LogP contribution in [-0.2, 0) is 0 Å². The molecule has 1 aromatic rings. The minimum atomic E-state index is 0.0646. The van der Waals surface area contributed by atoms with Gasteiger partial charge in [-0.15, -0.1) is 11.3 Å². The summed E-state index contributed by atoms with van der Waals surface area (Å²) in [4.78, 5) is 18.9. The zero-order valence-electron chi connectivity index (χ0n) is 9.63. The number of hydrogen-bond donors (Lipinski definition) is 0. The van der Waals surface area contributed by atoms with Gasteiger partial charge in [0.25, 0.3) is 0 Å². The standard InChI is InChI=1S/C11H16N2OS/c1-7(14)9-8(2)15-10(12-9)13-5-11(3,4)6-13/h5-6H2,1-4H3. The maximum Gasteiger partial charge on any atom is 0.186 e. The molecule has 0 aromatic carbocycles. The van der Waals surface area contributed by atoms with Crippen LogP contribution in [0.5, 0.6) is 0 Å². The van der Waals surface area contributed by atoms with E-state index in [1.165, 1.54) is 0 Å². The number of rotatable bonds is 2. The van der Waals surface area contributed by atoms with Gasteiger partial charge in [-0.05, 0) is 12.3 Å². The van der Waals surface area contributed by atoms with Crippen LogP contribution in [0.4, 0.5) is 5.13 Å². The van der Waals surface area contributed by atoms with Gasteiger partial charge in [0.05, 0.1) is 0 Å². The number of carbonyl (C=O) groups excluding carboxylic acids is 1. The molecule has 0 radical (unpaired) electrons. The van der Waals surface area contributed by atoms with E-state index in [2.05, 4.69) is 23.7 Å². The normalized spacial score (nSPS) is 18.8. The Bertz CT molecular complexity index is 401. The predicted octanol–water partition coefficient (Wildman–Crippen LogP) is 2.50. The SMILES string of the molecule is CC(=O)c1nc(N2CC(C)(C)C2)sc1C. The molecule has 2 rings (SSSR count). The highest BCUT2D eigenvalue weighted by Crippen LogP contribution is 2.36. The molecule has 0 amide bonds. The lowest BCUT2D eigenvalue weighted by atomic mass is 9.85.